The Balaban J connectivity index is 1.43. The van der Waals surface area contributed by atoms with E-state index >= 15 is 0 Å². The van der Waals surface area contributed by atoms with Gasteiger partial charge in [0.2, 0.25) is 5.91 Å². The summed E-state index contributed by atoms with van der Waals surface area (Å²) in [4.78, 5) is 56.5. The fourth-order valence-electron chi connectivity index (χ4n) is 4.95. The van der Waals surface area contributed by atoms with Crippen LogP contribution in [0.4, 0.5) is 27.8 Å². The smallest absolute Gasteiger partial charge is 0.324 e. The van der Waals surface area contributed by atoms with Gasteiger partial charge >= 0.3 is 6.03 Å². The van der Waals surface area contributed by atoms with Crippen LogP contribution in [-0.2, 0) is 21.5 Å². The van der Waals surface area contributed by atoms with Gasteiger partial charge in [-0.2, -0.15) is 0 Å². The SMILES string of the molecule is CC(=O)N1CC(C)(C)c2ccc(N3C(=O)N(Cc4ccnc(Nc5cnccn5)c4)C(C)(C)C3=O)cc21. The Bertz CT molecular complexity index is 1400. The van der Waals surface area contributed by atoms with Crippen molar-refractivity contribution in [3.63, 3.8) is 0 Å². The van der Waals surface area contributed by atoms with E-state index in [9.17, 15) is 14.4 Å². The summed E-state index contributed by atoms with van der Waals surface area (Å²) in [5.41, 5.74) is 1.71. The van der Waals surface area contributed by atoms with Gasteiger partial charge in [-0.25, -0.2) is 19.7 Å². The first-order valence-electron chi connectivity index (χ1n) is 12.1. The largest absolute Gasteiger partial charge is 0.332 e. The molecule has 0 saturated carbocycles. The van der Waals surface area contributed by atoms with E-state index in [4.69, 9.17) is 0 Å². The summed E-state index contributed by atoms with van der Waals surface area (Å²) in [5.74, 6) is 0.700. The number of benzene rings is 1. The van der Waals surface area contributed by atoms with Crippen molar-refractivity contribution in [2.24, 2.45) is 0 Å². The van der Waals surface area contributed by atoms with Gasteiger partial charge in [-0.15, -0.1) is 0 Å². The Morgan fingerprint density at radius 1 is 1.00 bits per heavy atom. The highest BCUT2D eigenvalue weighted by molar-refractivity contribution is 6.23. The van der Waals surface area contributed by atoms with Crippen molar-refractivity contribution >= 4 is 40.9 Å². The van der Waals surface area contributed by atoms with E-state index in [1.54, 1.807) is 66.6 Å². The lowest BCUT2D eigenvalue weighted by molar-refractivity contribution is -0.123. The minimum absolute atomic E-state index is 0.0754. The molecule has 0 bridgehead atoms. The van der Waals surface area contributed by atoms with Gasteiger partial charge in [0.05, 0.1) is 11.9 Å². The molecule has 190 valence electrons. The maximum Gasteiger partial charge on any atom is 0.332 e. The molecule has 2 aliphatic heterocycles. The van der Waals surface area contributed by atoms with Gasteiger partial charge in [-0.05, 0) is 49.2 Å². The number of hydrogen-bond donors (Lipinski definition) is 1. The Morgan fingerprint density at radius 2 is 1.76 bits per heavy atom. The number of aromatic nitrogens is 3. The number of nitrogens with one attached hydrogen (secondary N) is 1. The zero-order chi connectivity index (χ0) is 26.5. The van der Waals surface area contributed by atoms with Crippen LogP contribution >= 0.6 is 0 Å². The zero-order valence-corrected chi connectivity index (χ0v) is 21.5. The summed E-state index contributed by atoms with van der Waals surface area (Å²) in [6, 6.07) is 8.68. The fraction of sp³-hybridized carbons (Fsp3) is 0.333. The molecule has 1 fully saturated rings. The van der Waals surface area contributed by atoms with E-state index in [2.05, 4.69) is 34.1 Å². The summed E-state index contributed by atoms with van der Waals surface area (Å²) in [6.07, 6.45) is 6.38. The number of rotatable bonds is 5. The minimum Gasteiger partial charge on any atom is -0.324 e. The number of anilines is 4. The van der Waals surface area contributed by atoms with Crippen LogP contribution in [0.15, 0.2) is 55.1 Å². The molecule has 1 N–H and O–H groups in total. The van der Waals surface area contributed by atoms with E-state index in [1.165, 1.54) is 11.8 Å². The summed E-state index contributed by atoms with van der Waals surface area (Å²) in [5, 5.41) is 3.09. The summed E-state index contributed by atoms with van der Waals surface area (Å²) in [6.45, 7) is 9.92. The highest BCUT2D eigenvalue weighted by atomic mass is 16.2. The van der Waals surface area contributed by atoms with E-state index < -0.39 is 11.6 Å². The molecule has 4 amide bonds. The molecule has 0 atom stereocenters. The average molecular weight is 500 g/mol. The Kier molecular flexibility index (Phi) is 5.69. The first-order chi connectivity index (χ1) is 17.5. The minimum atomic E-state index is -1.07. The molecule has 1 saturated heterocycles. The Hall–Kier alpha value is -4.34. The Labute approximate surface area is 215 Å². The number of fused-ring (bicyclic) bond motifs is 1. The van der Waals surface area contributed by atoms with Crippen molar-refractivity contribution in [1.82, 2.24) is 19.9 Å². The quantitative estimate of drug-likeness (QED) is 0.528. The van der Waals surface area contributed by atoms with Crippen LogP contribution in [0.2, 0.25) is 0 Å². The molecule has 2 aromatic heterocycles. The van der Waals surface area contributed by atoms with Gasteiger partial charge in [0.15, 0.2) is 0 Å². The lowest BCUT2D eigenvalue weighted by Gasteiger charge is -2.27. The number of urea groups is 1. The summed E-state index contributed by atoms with van der Waals surface area (Å²) < 4.78 is 0. The van der Waals surface area contributed by atoms with Crippen molar-refractivity contribution < 1.29 is 14.4 Å². The van der Waals surface area contributed by atoms with Gasteiger partial charge in [-0.1, -0.05) is 19.9 Å². The second kappa shape index (κ2) is 8.65. The number of pyridine rings is 1. The highest BCUT2D eigenvalue weighted by Crippen LogP contribution is 2.44. The second-order valence-electron chi connectivity index (χ2n) is 10.5. The summed E-state index contributed by atoms with van der Waals surface area (Å²) >= 11 is 0. The van der Waals surface area contributed by atoms with Gasteiger partial charge < -0.3 is 15.1 Å². The van der Waals surface area contributed by atoms with Crippen molar-refractivity contribution in [1.29, 1.82) is 0 Å². The van der Waals surface area contributed by atoms with Crippen molar-refractivity contribution in [2.75, 3.05) is 21.7 Å². The lowest BCUT2D eigenvalue weighted by Crippen LogP contribution is -2.43. The third-order valence-electron chi connectivity index (χ3n) is 7.00. The standard InChI is InChI=1S/C27H29N7O3/c1-17(35)32-16-26(2,3)20-7-6-19(13-21(20)32)34-24(36)27(4,5)33(25(34)37)15-18-8-9-29-22(12-18)31-23-14-28-10-11-30-23/h6-14H,15-16H2,1-5H3,(H,29,30,31). The van der Waals surface area contributed by atoms with Gasteiger partial charge in [0.1, 0.15) is 17.2 Å². The monoisotopic (exact) mass is 499 g/mol. The molecule has 4 heterocycles. The van der Waals surface area contributed by atoms with Crippen LogP contribution in [0.3, 0.4) is 0 Å². The van der Waals surface area contributed by atoms with Crippen LogP contribution in [0.25, 0.3) is 0 Å². The molecule has 0 spiro atoms. The normalized spacial score (nSPS) is 17.8. The van der Waals surface area contributed by atoms with Crippen molar-refractivity contribution in [2.45, 2.75) is 52.1 Å². The van der Waals surface area contributed by atoms with E-state index in [0.717, 1.165) is 16.8 Å². The van der Waals surface area contributed by atoms with Crippen LogP contribution in [-0.4, -0.2) is 49.8 Å². The topological polar surface area (TPSA) is 112 Å². The maximum absolute atomic E-state index is 13.7. The van der Waals surface area contributed by atoms with Gasteiger partial charge in [0.25, 0.3) is 5.91 Å². The molecular formula is C27H29N7O3. The molecule has 10 heteroatoms. The molecule has 10 nitrogen and oxygen atoms in total. The first kappa shape index (κ1) is 24.4. The highest BCUT2D eigenvalue weighted by Gasteiger charge is 2.52. The van der Waals surface area contributed by atoms with E-state index in [-0.39, 0.29) is 23.8 Å². The van der Waals surface area contributed by atoms with E-state index in [1.807, 2.05) is 12.1 Å². The predicted molar refractivity (Wildman–Crippen MR) is 140 cm³/mol. The van der Waals surface area contributed by atoms with Crippen LogP contribution in [0.5, 0.6) is 0 Å². The fourth-order valence-corrected chi connectivity index (χ4v) is 4.95. The molecule has 2 aliphatic rings. The molecule has 3 aromatic rings. The van der Waals surface area contributed by atoms with Crippen molar-refractivity contribution in [3.8, 4) is 0 Å². The number of carbonyl (C=O) groups excluding carboxylic acids is 3. The molecule has 0 radical (unpaired) electrons. The number of nitrogens with zero attached hydrogens (tertiary/aromatic N) is 6. The molecule has 5 rings (SSSR count). The number of amides is 4. The third-order valence-corrected chi connectivity index (χ3v) is 7.00. The lowest BCUT2D eigenvalue weighted by atomic mass is 9.87. The molecule has 0 aliphatic carbocycles. The Morgan fingerprint density at radius 3 is 2.46 bits per heavy atom. The molecule has 37 heavy (non-hydrogen) atoms. The first-order valence-corrected chi connectivity index (χ1v) is 12.1. The van der Waals surface area contributed by atoms with Crippen LogP contribution in [0.1, 0.15) is 45.7 Å². The number of carbonyl (C=O) groups is 3. The van der Waals surface area contributed by atoms with E-state index in [0.29, 0.717) is 23.9 Å². The second-order valence-corrected chi connectivity index (χ2v) is 10.5. The van der Waals surface area contributed by atoms with Crippen LogP contribution < -0.4 is 15.1 Å². The number of hydrogen-bond acceptors (Lipinski definition) is 7. The maximum atomic E-state index is 13.7. The van der Waals surface area contributed by atoms with Gasteiger partial charge in [-0.3, -0.25) is 14.6 Å². The number of imide groups is 1. The van der Waals surface area contributed by atoms with Crippen molar-refractivity contribution in [3.05, 3.63) is 66.2 Å². The van der Waals surface area contributed by atoms with Gasteiger partial charge in [0, 0.05) is 49.7 Å². The third kappa shape index (κ3) is 4.18. The zero-order valence-electron chi connectivity index (χ0n) is 21.5. The van der Waals surface area contributed by atoms with Crippen LogP contribution in [0, 0.1) is 0 Å². The molecule has 0 unspecified atom stereocenters. The molecule has 1 aromatic carbocycles. The summed E-state index contributed by atoms with van der Waals surface area (Å²) in [7, 11) is 0. The average Bonchev–Trinajstić information content (AvgIpc) is 3.22. The molecular weight excluding hydrogens is 470 g/mol. The predicted octanol–water partition coefficient (Wildman–Crippen LogP) is 4.01.